The van der Waals surface area contributed by atoms with E-state index >= 15 is 0 Å². The van der Waals surface area contributed by atoms with Gasteiger partial charge < -0.3 is 10.2 Å². The van der Waals surface area contributed by atoms with Crippen molar-refractivity contribution >= 4 is 17.5 Å². The first-order valence-electron chi connectivity index (χ1n) is 9.60. The van der Waals surface area contributed by atoms with Crippen molar-refractivity contribution in [1.82, 2.24) is 4.90 Å². The molecule has 4 heteroatoms. The first-order chi connectivity index (χ1) is 12.8. The summed E-state index contributed by atoms with van der Waals surface area (Å²) in [6, 6.07) is 17.4. The van der Waals surface area contributed by atoms with Gasteiger partial charge in [0.05, 0.1) is 0 Å². The Labute approximate surface area is 161 Å². The molecule has 0 aliphatic carbocycles. The summed E-state index contributed by atoms with van der Waals surface area (Å²) in [4.78, 5) is 27.0. The molecule has 0 aromatic heterocycles. The standard InChI is InChI=1S/C23H28N2O2/c1-23(2,3)19-11-9-18(10-12-19)22(27)25-15-13-17(14-16-25)21(26)24-20-7-5-4-6-8-20/h4-12,17H,13-16H2,1-3H3,(H,24,26). The van der Waals surface area contributed by atoms with Crippen LogP contribution in [0.2, 0.25) is 0 Å². The van der Waals surface area contributed by atoms with E-state index < -0.39 is 0 Å². The monoisotopic (exact) mass is 364 g/mol. The van der Waals surface area contributed by atoms with E-state index in [-0.39, 0.29) is 23.1 Å². The number of hydrogen-bond acceptors (Lipinski definition) is 2. The summed E-state index contributed by atoms with van der Waals surface area (Å²) in [5, 5.41) is 2.97. The molecule has 2 amide bonds. The Morgan fingerprint density at radius 3 is 2.07 bits per heavy atom. The maximum atomic E-state index is 12.8. The molecule has 0 atom stereocenters. The lowest BCUT2D eigenvalue weighted by Gasteiger charge is -2.31. The molecule has 0 radical (unpaired) electrons. The van der Waals surface area contributed by atoms with E-state index in [1.54, 1.807) is 0 Å². The Morgan fingerprint density at radius 1 is 0.926 bits per heavy atom. The van der Waals surface area contributed by atoms with Crippen molar-refractivity contribution in [2.75, 3.05) is 18.4 Å². The second kappa shape index (κ2) is 7.95. The van der Waals surface area contributed by atoms with Crippen molar-refractivity contribution in [2.24, 2.45) is 5.92 Å². The van der Waals surface area contributed by atoms with E-state index in [0.29, 0.717) is 25.9 Å². The lowest BCUT2D eigenvalue weighted by atomic mass is 9.86. The predicted molar refractivity (Wildman–Crippen MR) is 109 cm³/mol. The summed E-state index contributed by atoms with van der Waals surface area (Å²) in [7, 11) is 0. The van der Waals surface area contributed by atoms with Crippen LogP contribution in [0.3, 0.4) is 0 Å². The van der Waals surface area contributed by atoms with Crippen molar-refractivity contribution in [3.8, 4) is 0 Å². The third-order valence-corrected chi connectivity index (χ3v) is 5.19. The molecular weight excluding hydrogens is 336 g/mol. The van der Waals surface area contributed by atoms with Crippen LogP contribution in [-0.2, 0) is 10.2 Å². The number of carbonyl (C=O) groups is 2. The number of rotatable bonds is 3. The van der Waals surface area contributed by atoms with Crippen molar-refractivity contribution in [2.45, 2.75) is 39.0 Å². The summed E-state index contributed by atoms with van der Waals surface area (Å²) in [6.07, 6.45) is 1.40. The largest absolute Gasteiger partial charge is 0.339 e. The molecular formula is C23H28N2O2. The molecule has 1 heterocycles. The fourth-order valence-electron chi connectivity index (χ4n) is 3.41. The minimum atomic E-state index is -0.0440. The van der Waals surface area contributed by atoms with Gasteiger partial charge in [0.25, 0.3) is 5.91 Å². The Kier molecular flexibility index (Phi) is 5.64. The van der Waals surface area contributed by atoms with Gasteiger partial charge in [-0.15, -0.1) is 0 Å². The minimum absolute atomic E-state index is 0.0440. The molecule has 0 spiro atoms. The van der Waals surface area contributed by atoms with Gasteiger partial charge in [-0.05, 0) is 48.1 Å². The summed E-state index contributed by atoms with van der Waals surface area (Å²) in [5.41, 5.74) is 2.83. The number of likely N-dealkylation sites (tertiary alicyclic amines) is 1. The van der Waals surface area contributed by atoms with Gasteiger partial charge in [-0.25, -0.2) is 0 Å². The first kappa shape index (κ1) is 19.2. The SMILES string of the molecule is CC(C)(C)c1ccc(C(=O)N2CCC(C(=O)Nc3ccccc3)CC2)cc1. The van der Waals surface area contributed by atoms with Crippen LogP contribution >= 0.6 is 0 Å². The van der Waals surface area contributed by atoms with Crippen molar-refractivity contribution in [3.05, 3.63) is 65.7 Å². The molecule has 1 N–H and O–H groups in total. The van der Waals surface area contributed by atoms with E-state index in [1.165, 1.54) is 5.56 Å². The van der Waals surface area contributed by atoms with Gasteiger partial charge >= 0.3 is 0 Å². The van der Waals surface area contributed by atoms with Crippen molar-refractivity contribution in [1.29, 1.82) is 0 Å². The van der Waals surface area contributed by atoms with Crippen molar-refractivity contribution in [3.63, 3.8) is 0 Å². The van der Waals surface area contributed by atoms with E-state index in [9.17, 15) is 9.59 Å². The Balaban J connectivity index is 1.55. The fraction of sp³-hybridized carbons (Fsp3) is 0.391. The second-order valence-electron chi connectivity index (χ2n) is 8.25. The van der Waals surface area contributed by atoms with Gasteiger partial charge in [-0.2, -0.15) is 0 Å². The van der Waals surface area contributed by atoms with E-state index in [0.717, 1.165) is 11.3 Å². The maximum Gasteiger partial charge on any atom is 0.253 e. The molecule has 4 nitrogen and oxygen atoms in total. The zero-order valence-electron chi connectivity index (χ0n) is 16.4. The molecule has 2 aromatic carbocycles. The predicted octanol–water partition coefficient (Wildman–Crippen LogP) is 4.48. The normalized spacial score (nSPS) is 15.4. The van der Waals surface area contributed by atoms with Gasteiger partial charge in [-0.3, -0.25) is 9.59 Å². The number of anilines is 1. The highest BCUT2D eigenvalue weighted by atomic mass is 16.2. The van der Waals surface area contributed by atoms with E-state index in [4.69, 9.17) is 0 Å². The van der Waals surface area contributed by atoms with Gasteiger partial charge in [-0.1, -0.05) is 51.1 Å². The van der Waals surface area contributed by atoms with Gasteiger partial charge in [0.15, 0.2) is 0 Å². The van der Waals surface area contributed by atoms with Crippen LogP contribution in [0.15, 0.2) is 54.6 Å². The van der Waals surface area contributed by atoms with Gasteiger partial charge in [0.2, 0.25) is 5.91 Å². The van der Waals surface area contributed by atoms with Gasteiger partial charge in [0, 0.05) is 30.3 Å². The summed E-state index contributed by atoms with van der Waals surface area (Å²) in [6.45, 7) is 7.72. The third-order valence-electron chi connectivity index (χ3n) is 5.19. The molecule has 0 unspecified atom stereocenters. The number of carbonyl (C=O) groups excluding carboxylic acids is 2. The maximum absolute atomic E-state index is 12.8. The number of piperidine rings is 1. The minimum Gasteiger partial charge on any atom is -0.339 e. The Morgan fingerprint density at radius 2 is 1.52 bits per heavy atom. The molecule has 27 heavy (non-hydrogen) atoms. The van der Waals surface area contributed by atoms with Crippen LogP contribution in [0.5, 0.6) is 0 Å². The average molecular weight is 364 g/mol. The molecule has 1 aliphatic heterocycles. The number of benzene rings is 2. The van der Waals surface area contributed by atoms with Crippen LogP contribution < -0.4 is 5.32 Å². The molecule has 2 aromatic rings. The van der Waals surface area contributed by atoms with Crippen LogP contribution in [0.1, 0.15) is 49.5 Å². The summed E-state index contributed by atoms with van der Waals surface area (Å²) >= 11 is 0. The molecule has 1 aliphatic rings. The first-order valence-corrected chi connectivity index (χ1v) is 9.60. The van der Waals surface area contributed by atoms with Crippen LogP contribution in [0.4, 0.5) is 5.69 Å². The highest BCUT2D eigenvalue weighted by Crippen LogP contribution is 2.24. The quantitative estimate of drug-likeness (QED) is 0.873. The zero-order chi connectivity index (χ0) is 19.4. The van der Waals surface area contributed by atoms with Gasteiger partial charge in [0.1, 0.15) is 0 Å². The smallest absolute Gasteiger partial charge is 0.253 e. The third kappa shape index (κ3) is 4.76. The van der Waals surface area contributed by atoms with Crippen molar-refractivity contribution < 1.29 is 9.59 Å². The molecule has 3 rings (SSSR count). The molecule has 142 valence electrons. The zero-order valence-corrected chi connectivity index (χ0v) is 16.4. The second-order valence-corrected chi connectivity index (χ2v) is 8.25. The lowest BCUT2D eigenvalue weighted by molar-refractivity contribution is -0.121. The fourth-order valence-corrected chi connectivity index (χ4v) is 3.41. The summed E-state index contributed by atoms with van der Waals surface area (Å²) < 4.78 is 0. The number of para-hydroxylation sites is 1. The Hall–Kier alpha value is -2.62. The van der Waals surface area contributed by atoms with E-state index in [2.05, 4.69) is 26.1 Å². The highest BCUT2D eigenvalue weighted by molar-refractivity contribution is 5.95. The van der Waals surface area contributed by atoms with Crippen LogP contribution in [-0.4, -0.2) is 29.8 Å². The Bertz CT molecular complexity index is 783. The summed E-state index contributed by atoms with van der Waals surface area (Å²) in [5.74, 6) is 0.0535. The number of nitrogens with one attached hydrogen (secondary N) is 1. The molecule has 0 saturated carbocycles. The molecule has 0 bridgehead atoms. The van der Waals surface area contributed by atoms with Crippen LogP contribution in [0.25, 0.3) is 0 Å². The number of nitrogens with zero attached hydrogens (tertiary/aromatic N) is 1. The van der Waals surface area contributed by atoms with Crippen LogP contribution in [0, 0.1) is 5.92 Å². The highest BCUT2D eigenvalue weighted by Gasteiger charge is 2.28. The molecule has 1 saturated heterocycles. The topological polar surface area (TPSA) is 49.4 Å². The number of amides is 2. The molecule has 1 fully saturated rings. The van der Waals surface area contributed by atoms with E-state index in [1.807, 2.05) is 59.5 Å². The average Bonchev–Trinajstić information content (AvgIpc) is 2.68. The lowest BCUT2D eigenvalue weighted by Crippen LogP contribution is -2.41. The number of hydrogen-bond donors (Lipinski definition) is 1.